The van der Waals surface area contributed by atoms with Crippen LogP contribution in [-0.4, -0.2) is 95.0 Å². The lowest BCUT2D eigenvalue weighted by molar-refractivity contribution is -0.142. The number of nitrogens with one attached hydrogen (secondary N) is 3. The first-order valence-electron chi connectivity index (χ1n) is 18.7. The minimum atomic E-state index is -3.98. The third kappa shape index (κ3) is 9.59. The molecular weight excluding hydrogens is 750 g/mol. The second kappa shape index (κ2) is 15.6. The van der Waals surface area contributed by atoms with Crippen molar-refractivity contribution in [3.05, 3.63) is 59.4 Å². The van der Waals surface area contributed by atoms with Crippen molar-refractivity contribution in [3.8, 4) is 0 Å². The number of carbonyl (C=O) groups excluding carboxylic acids is 6. The molecule has 3 N–H and O–H groups in total. The van der Waals surface area contributed by atoms with Gasteiger partial charge in [-0.3, -0.25) is 28.8 Å². The maximum Gasteiger partial charge on any atom is 0.410 e. The lowest BCUT2D eigenvalue weighted by atomic mass is 9.80. The summed E-state index contributed by atoms with van der Waals surface area (Å²) in [4.78, 5) is 84.7. The predicted molar refractivity (Wildman–Crippen MR) is 201 cm³/mol. The average molecular weight is 802 g/mol. The summed E-state index contributed by atoms with van der Waals surface area (Å²) in [5.41, 5.74) is -2.15. The zero-order chi connectivity index (χ0) is 41.5. The number of ether oxygens (including phenoxy) is 2. The van der Waals surface area contributed by atoms with Crippen LogP contribution in [0.15, 0.2) is 42.5 Å². The molecule has 5 rings (SSSR count). The number of benzene rings is 1. The molecule has 0 spiro atoms. The van der Waals surface area contributed by atoms with Crippen LogP contribution in [0.3, 0.4) is 0 Å². The number of likely N-dealkylation sites (tertiary alicyclic amines) is 1. The number of rotatable bonds is 13. The first kappa shape index (κ1) is 42.3. The minimum absolute atomic E-state index is 0.0446. The Morgan fingerprint density at radius 3 is 2.32 bits per heavy atom. The Bertz CT molecular complexity index is 1950. The lowest BCUT2D eigenvalue weighted by Crippen LogP contribution is -2.59. The van der Waals surface area contributed by atoms with Crippen molar-refractivity contribution in [2.75, 3.05) is 6.54 Å². The Kier molecular flexibility index (Phi) is 11.8. The molecule has 0 radical (unpaired) electrons. The second-order valence-electron chi connectivity index (χ2n) is 17.0. The van der Waals surface area contributed by atoms with Crippen LogP contribution in [0.4, 0.5) is 14.0 Å². The van der Waals surface area contributed by atoms with Gasteiger partial charge in [-0.25, -0.2) is 22.4 Å². The van der Waals surface area contributed by atoms with Crippen LogP contribution in [0, 0.1) is 17.2 Å². The molecule has 5 amide bonds. The van der Waals surface area contributed by atoms with E-state index in [1.807, 2.05) is 0 Å². The van der Waals surface area contributed by atoms with E-state index in [4.69, 9.17) is 9.47 Å². The molecule has 5 atom stereocenters. The van der Waals surface area contributed by atoms with Crippen LogP contribution in [0.5, 0.6) is 0 Å². The molecule has 2 aliphatic heterocycles. The number of sulfonamides is 1. The van der Waals surface area contributed by atoms with Crippen molar-refractivity contribution in [2.45, 2.75) is 128 Å². The molecule has 3 fully saturated rings. The van der Waals surface area contributed by atoms with Crippen molar-refractivity contribution in [1.29, 1.82) is 0 Å². The fourth-order valence-electron chi connectivity index (χ4n) is 7.04. The SMILES string of the molecule is C=C[C@@H]1C[C@]1(NC(=O)C1CC(OC(=O)N2Cc3cccc(F)c3C2)CN1C(=O)[C@H](CC(C)(C)C(=O)C=C(C)C)NC(=O)OC(C)(C)C)C(=O)NS(=O)(=O)C1CC1. The van der Waals surface area contributed by atoms with E-state index in [2.05, 4.69) is 21.9 Å². The van der Waals surface area contributed by atoms with Gasteiger partial charge in [-0.05, 0) is 78.0 Å². The van der Waals surface area contributed by atoms with Gasteiger partial charge in [0.1, 0.15) is 35.1 Å². The molecule has 1 aromatic carbocycles. The normalized spacial score (nSPS) is 23.6. The zero-order valence-corrected chi connectivity index (χ0v) is 33.7. The first-order chi connectivity index (χ1) is 26.0. The summed E-state index contributed by atoms with van der Waals surface area (Å²) in [6.45, 7) is 15.0. The van der Waals surface area contributed by atoms with Crippen molar-refractivity contribution < 1.29 is 51.0 Å². The molecule has 1 saturated heterocycles. The molecule has 306 valence electrons. The number of hydrogen-bond donors (Lipinski definition) is 3. The molecule has 2 unspecified atom stereocenters. The summed E-state index contributed by atoms with van der Waals surface area (Å²) < 4.78 is 53.2. The van der Waals surface area contributed by atoms with E-state index in [9.17, 15) is 41.6 Å². The van der Waals surface area contributed by atoms with Gasteiger partial charge in [-0.1, -0.05) is 37.6 Å². The van der Waals surface area contributed by atoms with E-state index < -0.39 is 91.7 Å². The summed E-state index contributed by atoms with van der Waals surface area (Å²) in [6.07, 6.45) is 0.401. The molecular formula is C39H52FN5O10S. The lowest BCUT2D eigenvalue weighted by Gasteiger charge is -2.33. The Labute approximate surface area is 326 Å². The number of nitrogens with zero attached hydrogens (tertiary/aromatic N) is 2. The van der Waals surface area contributed by atoms with E-state index in [1.165, 1.54) is 29.2 Å². The van der Waals surface area contributed by atoms with Crippen LogP contribution < -0.4 is 15.4 Å². The van der Waals surface area contributed by atoms with Gasteiger partial charge < -0.3 is 25.0 Å². The van der Waals surface area contributed by atoms with Crippen LogP contribution in [0.2, 0.25) is 0 Å². The number of alkyl carbamates (subject to hydrolysis) is 1. The highest BCUT2D eigenvalue weighted by molar-refractivity contribution is 7.91. The third-order valence-corrected chi connectivity index (χ3v) is 12.2. The largest absolute Gasteiger partial charge is 0.444 e. The molecule has 2 aliphatic carbocycles. The fourth-order valence-corrected chi connectivity index (χ4v) is 8.40. The number of hydrogen-bond acceptors (Lipinski definition) is 10. The molecule has 17 heteroatoms. The Hall–Kier alpha value is -4.80. The predicted octanol–water partition coefficient (Wildman–Crippen LogP) is 3.76. The first-order valence-corrected chi connectivity index (χ1v) is 20.2. The molecule has 4 aliphatic rings. The monoisotopic (exact) mass is 801 g/mol. The minimum Gasteiger partial charge on any atom is -0.444 e. The summed E-state index contributed by atoms with van der Waals surface area (Å²) in [6, 6.07) is 1.72. The van der Waals surface area contributed by atoms with E-state index >= 15 is 0 Å². The number of halogens is 1. The highest BCUT2D eigenvalue weighted by Crippen LogP contribution is 2.45. The van der Waals surface area contributed by atoms with Gasteiger partial charge in [-0.15, -0.1) is 6.58 Å². The van der Waals surface area contributed by atoms with Gasteiger partial charge in [0.25, 0.3) is 5.91 Å². The van der Waals surface area contributed by atoms with Gasteiger partial charge in [-0.2, -0.15) is 0 Å². The van der Waals surface area contributed by atoms with Crippen LogP contribution >= 0.6 is 0 Å². The van der Waals surface area contributed by atoms with Gasteiger partial charge in [0, 0.05) is 29.9 Å². The summed E-state index contributed by atoms with van der Waals surface area (Å²) in [5, 5.41) is 4.54. The number of amides is 5. The number of carbonyl (C=O) groups is 6. The number of ketones is 1. The highest BCUT2D eigenvalue weighted by Gasteiger charge is 2.62. The fraction of sp³-hybridized carbons (Fsp3) is 0.590. The maximum atomic E-state index is 14.6. The summed E-state index contributed by atoms with van der Waals surface area (Å²) in [7, 11) is -3.98. The van der Waals surface area contributed by atoms with Crippen molar-refractivity contribution in [2.24, 2.45) is 11.3 Å². The van der Waals surface area contributed by atoms with Crippen molar-refractivity contribution >= 4 is 45.7 Å². The quantitative estimate of drug-likeness (QED) is 0.195. The van der Waals surface area contributed by atoms with Gasteiger partial charge in [0.05, 0.1) is 18.3 Å². The molecule has 1 aromatic rings. The summed E-state index contributed by atoms with van der Waals surface area (Å²) in [5.74, 6) is -3.99. The maximum absolute atomic E-state index is 14.6. The van der Waals surface area contributed by atoms with Crippen molar-refractivity contribution in [3.63, 3.8) is 0 Å². The molecule has 15 nitrogen and oxygen atoms in total. The van der Waals surface area contributed by atoms with Crippen molar-refractivity contribution in [1.82, 2.24) is 25.2 Å². The molecule has 2 saturated carbocycles. The zero-order valence-electron chi connectivity index (χ0n) is 32.9. The van der Waals surface area contributed by atoms with E-state index in [0.29, 0.717) is 24.0 Å². The number of allylic oxidation sites excluding steroid dienone is 2. The Balaban J connectivity index is 1.43. The molecule has 0 aromatic heterocycles. The highest BCUT2D eigenvalue weighted by atomic mass is 32.2. The summed E-state index contributed by atoms with van der Waals surface area (Å²) >= 11 is 0. The second-order valence-corrected chi connectivity index (χ2v) is 19.0. The smallest absolute Gasteiger partial charge is 0.410 e. The van der Waals surface area contributed by atoms with Crippen LogP contribution in [0.25, 0.3) is 0 Å². The molecule has 0 bridgehead atoms. The molecule has 56 heavy (non-hydrogen) atoms. The van der Waals surface area contributed by atoms with Gasteiger partial charge >= 0.3 is 12.2 Å². The van der Waals surface area contributed by atoms with Crippen LogP contribution in [0.1, 0.15) is 91.7 Å². The van der Waals surface area contributed by atoms with Gasteiger partial charge in [0.2, 0.25) is 21.8 Å². The Morgan fingerprint density at radius 1 is 1.07 bits per heavy atom. The molecule has 2 heterocycles. The average Bonchev–Trinajstić information content (AvgIpc) is 3.97. The third-order valence-electron chi connectivity index (χ3n) is 10.3. The van der Waals surface area contributed by atoms with E-state index in [-0.39, 0.29) is 44.7 Å². The Morgan fingerprint density at radius 2 is 1.75 bits per heavy atom. The van der Waals surface area contributed by atoms with E-state index in [1.54, 1.807) is 54.5 Å². The number of fused-ring (bicyclic) bond motifs is 1. The van der Waals surface area contributed by atoms with Crippen LogP contribution in [-0.2, 0) is 51.8 Å². The topological polar surface area (TPSA) is 198 Å². The van der Waals surface area contributed by atoms with E-state index in [0.717, 1.165) is 10.5 Å². The standard InChI is InChI=1S/C39H52FN5O10S/c1-9-24-17-39(24,34(49)43-56(52,53)26-13-14-26)42-32(47)30-16-25(54-36(51)44-19-23-11-10-12-28(40)27(23)21-44)20-45(30)33(48)29(41-35(50)55-37(4,5)6)18-38(7,8)31(46)15-22(2)3/h9-12,15,24-26,29-30H,1,13-14,16-21H2,2-8H3,(H,41,50)(H,42,47)(H,43,49)/t24-,25?,29+,30?,39-/m1/s1. The van der Waals surface area contributed by atoms with Gasteiger partial charge in [0.15, 0.2) is 5.78 Å².